The number of furan rings is 2. The quantitative estimate of drug-likeness (QED) is 0.161. The van der Waals surface area contributed by atoms with Gasteiger partial charge in [-0.25, -0.2) is 15.0 Å². The average Bonchev–Trinajstić information content (AvgIpc) is 3.99. The maximum atomic E-state index is 9.74. The zero-order chi connectivity index (χ0) is 46.2. The molecule has 12 rings (SSSR count). The first-order chi connectivity index (χ1) is 33.2. The lowest BCUT2D eigenvalue weighted by molar-refractivity contribution is 0.668. The number of aromatic nitrogens is 3. The summed E-state index contributed by atoms with van der Waals surface area (Å²) in [6.07, 6.45) is 0. The molecule has 0 aliphatic rings. The first kappa shape index (κ1) is 29.7. The first-order valence-corrected chi connectivity index (χ1v) is 20.3. The molecule has 0 saturated heterocycles. The van der Waals surface area contributed by atoms with Crippen LogP contribution in [-0.4, -0.2) is 15.0 Å². The van der Waals surface area contributed by atoms with Gasteiger partial charge in [-0.05, 0) is 99.0 Å². The van der Waals surface area contributed by atoms with Crippen LogP contribution in [0.5, 0.6) is 0 Å². The third-order valence-corrected chi connectivity index (χ3v) is 11.2. The van der Waals surface area contributed by atoms with Crippen LogP contribution >= 0.6 is 0 Å². The Hall–Kier alpha value is -8.41. The fraction of sp³-hybridized carbons (Fsp3) is 0. The van der Waals surface area contributed by atoms with Crippen molar-refractivity contribution >= 4 is 43.9 Å². The largest absolute Gasteiger partial charge is 0.456 e. The van der Waals surface area contributed by atoms with Gasteiger partial charge in [-0.3, -0.25) is 0 Å². The normalized spacial score (nSPS) is 12.9. The summed E-state index contributed by atoms with van der Waals surface area (Å²) in [6, 6.07) is 55.2. The third kappa shape index (κ3) is 6.32. The van der Waals surface area contributed by atoms with Crippen LogP contribution in [0.4, 0.5) is 0 Å². The van der Waals surface area contributed by atoms with E-state index < -0.39 is 0 Å². The van der Waals surface area contributed by atoms with E-state index in [0.717, 1.165) is 44.2 Å². The van der Waals surface area contributed by atoms with Crippen LogP contribution in [0, 0.1) is 0 Å². The van der Waals surface area contributed by atoms with Gasteiger partial charge in [0.05, 0.1) is 8.22 Å². The second-order valence-corrected chi connectivity index (χ2v) is 15.1. The summed E-state index contributed by atoms with van der Waals surface area (Å²) in [4.78, 5) is 15.2. The molecular formula is C57H35N3O2. The SMILES string of the molecule is [2H]c1c(-c2ccc(-c3ccccc3)cc2)c([2H])c2c(oc3c([2H])c(-c4nc(-c5cc(-c6ccccc6)cc(-c6ccccc6)c5)nc(-c5cccc6oc7ccccc7c56)n4)c([2H])c([2H])c32)c1[2H]. The molecule has 290 valence electrons. The first-order valence-electron chi connectivity index (χ1n) is 23.3. The van der Waals surface area contributed by atoms with E-state index in [9.17, 15) is 5.48 Å². The van der Waals surface area contributed by atoms with E-state index in [-0.39, 0.29) is 86.8 Å². The van der Waals surface area contributed by atoms with Gasteiger partial charge in [0.25, 0.3) is 0 Å². The standard InChI is InChI=1S/C57H35N3O2/c1-4-13-36(14-5-1)39-23-25-40(26-24-39)41-28-30-51-49(34-41)46-29-27-42(35-53(46)62-51)55-58-56(60-57(59-55)48-20-12-22-52-54(48)47-19-10-11-21-50(47)61-52)45-32-43(37-15-6-2-7-16-37)31-44(33-45)38-17-8-3-9-18-38/h1-35H/i27D,28D,29D,30D,34D,35D. The van der Waals surface area contributed by atoms with Crippen LogP contribution in [0.3, 0.4) is 0 Å². The predicted octanol–water partition coefficient (Wildman–Crippen LogP) is 15.3. The van der Waals surface area contributed by atoms with Gasteiger partial charge >= 0.3 is 0 Å². The summed E-state index contributed by atoms with van der Waals surface area (Å²) in [5.74, 6) is 0.486. The highest BCUT2D eigenvalue weighted by atomic mass is 16.3. The van der Waals surface area contributed by atoms with E-state index in [4.69, 9.17) is 26.5 Å². The molecule has 0 aliphatic carbocycles. The smallest absolute Gasteiger partial charge is 0.164 e. The summed E-state index contributed by atoms with van der Waals surface area (Å²) in [6.45, 7) is 0. The number of hydrogen-bond acceptors (Lipinski definition) is 5. The molecule has 3 heterocycles. The van der Waals surface area contributed by atoms with Crippen LogP contribution in [0.25, 0.3) is 123 Å². The Morgan fingerprint density at radius 1 is 0.306 bits per heavy atom. The molecule has 0 aliphatic heterocycles. The molecule has 0 N–H and O–H groups in total. The molecule has 0 amide bonds. The summed E-state index contributed by atoms with van der Waals surface area (Å²) in [7, 11) is 0. The van der Waals surface area contributed by atoms with E-state index in [1.165, 1.54) is 0 Å². The maximum Gasteiger partial charge on any atom is 0.164 e. The molecule has 0 unspecified atom stereocenters. The van der Waals surface area contributed by atoms with Gasteiger partial charge in [-0.1, -0.05) is 158 Å². The molecule has 9 aromatic carbocycles. The predicted molar refractivity (Wildman–Crippen MR) is 252 cm³/mol. The minimum atomic E-state index is -0.363. The van der Waals surface area contributed by atoms with Crippen LogP contribution in [0.15, 0.2) is 221 Å². The highest BCUT2D eigenvalue weighted by Gasteiger charge is 2.20. The Labute approximate surface area is 365 Å². The van der Waals surface area contributed by atoms with Gasteiger partial charge < -0.3 is 8.83 Å². The average molecular weight is 800 g/mol. The summed E-state index contributed by atoms with van der Waals surface area (Å²) in [5.41, 5.74) is 8.80. The van der Waals surface area contributed by atoms with Gasteiger partial charge in [0.2, 0.25) is 0 Å². The lowest BCUT2D eigenvalue weighted by atomic mass is 9.96. The lowest BCUT2D eigenvalue weighted by Crippen LogP contribution is -2.01. The number of benzene rings is 9. The van der Waals surface area contributed by atoms with Crippen molar-refractivity contribution in [2.75, 3.05) is 0 Å². The van der Waals surface area contributed by atoms with Crippen molar-refractivity contribution in [3.05, 3.63) is 212 Å². The second kappa shape index (κ2) is 14.7. The number of para-hydroxylation sites is 1. The zero-order valence-electron chi connectivity index (χ0n) is 38.9. The fourth-order valence-electron chi connectivity index (χ4n) is 8.16. The Balaban J connectivity index is 1.10. The van der Waals surface area contributed by atoms with Crippen molar-refractivity contribution in [1.29, 1.82) is 0 Å². The van der Waals surface area contributed by atoms with E-state index in [0.29, 0.717) is 27.9 Å². The molecule has 12 aromatic rings. The topological polar surface area (TPSA) is 65.0 Å². The van der Waals surface area contributed by atoms with E-state index in [1.807, 2.05) is 170 Å². The molecular weight excluding hydrogens is 759 g/mol. The van der Waals surface area contributed by atoms with Gasteiger partial charge in [0.1, 0.15) is 22.3 Å². The summed E-state index contributed by atoms with van der Waals surface area (Å²) < 4.78 is 69.2. The molecule has 0 atom stereocenters. The van der Waals surface area contributed by atoms with Crippen LogP contribution < -0.4 is 0 Å². The fourth-order valence-corrected chi connectivity index (χ4v) is 8.16. The highest BCUT2D eigenvalue weighted by Crippen LogP contribution is 2.39. The van der Waals surface area contributed by atoms with Crippen molar-refractivity contribution < 1.29 is 17.1 Å². The van der Waals surface area contributed by atoms with Crippen molar-refractivity contribution in [2.24, 2.45) is 0 Å². The van der Waals surface area contributed by atoms with Crippen LogP contribution in [-0.2, 0) is 0 Å². The number of nitrogens with zero attached hydrogens (tertiary/aromatic N) is 3. The van der Waals surface area contributed by atoms with Crippen molar-refractivity contribution in [1.82, 2.24) is 15.0 Å². The second-order valence-electron chi connectivity index (χ2n) is 15.1. The molecule has 0 bridgehead atoms. The molecule has 5 nitrogen and oxygen atoms in total. The molecule has 0 spiro atoms. The van der Waals surface area contributed by atoms with Gasteiger partial charge in [0, 0.05) is 38.2 Å². The van der Waals surface area contributed by atoms with E-state index in [2.05, 4.69) is 6.07 Å². The maximum absolute atomic E-state index is 9.74. The molecule has 0 saturated carbocycles. The van der Waals surface area contributed by atoms with Gasteiger partial charge in [-0.2, -0.15) is 0 Å². The van der Waals surface area contributed by atoms with Crippen molar-refractivity contribution in [3.63, 3.8) is 0 Å². The lowest BCUT2D eigenvalue weighted by Gasteiger charge is -2.13. The minimum Gasteiger partial charge on any atom is -0.456 e. The number of rotatable bonds is 7. The van der Waals surface area contributed by atoms with Gasteiger partial charge in [-0.15, -0.1) is 0 Å². The Morgan fingerprint density at radius 2 is 0.823 bits per heavy atom. The molecule has 0 radical (unpaired) electrons. The summed E-state index contributed by atoms with van der Waals surface area (Å²) >= 11 is 0. The van der Waals surface area contributed by atoms with E-state index >= 15 is 0 Å². The van der Waals surface area contributed by atoms with Crippen molar-refractivity contribution in [3.8, 4) is 78.7 Å². The molecule has 5 heteroatoms. The molecule has 3 aromatic heterocycles. The van der Waals surface area contributed by atoms with Gasteiger partial charge in [0.15, 0.2) is 17.5 Å². The highest BCUT2D eigenvalue weighted by molar-refractivity contribution is 6.12. The Morgan fingerprint density at radius 3 is 1.52 bits per heavy atom. The number of hydrogen-bond donors (Lipinski definition) is 0. The Bertz CT molecular complexity index is 3910. The Kier molecular flexibility index (Phi) is 7.05. The number of fused-ring (bicyclic) bond motifs is 6. The monoisotopic (exact) mass is 799 g/mol. The minimum absolute atomic E-state index is 0.0339. The zero-order valence-corrected chi connectivity index (χ0v) is 32.9. The molecule has 62 heavy (non-hydrogen) atoms. The molecule has 0 fully saturated rings. The summed E-state index contributed by atoms with van der Waals surface area (Å²) in [5, 5.41) is 1.76. The van der Waals surface area contributed by atoms with Crippen molar-refractivity contribution in [2.45, 2.75) is 0 Å². The van der Waals surface area contributed by atoms with Crippen LogP contribution in [0.2, 0.25) is 0 Å². The third-order valence-electron chi connectivity index (χ3n) is 11.2. The van der Waals surface area contributed by atoms with Crippen LogP contribution in [0.1, 0.15) is 8.22 Å². The van der Waals surface area contributed by atoms with E-state index in [1.54, 1.807) is 0 Å².